The van der Waals surface area contributed by atoms with Crippen molar-refractivity contribution in [1.29, 1.82) is 0 Å². The Labute approximate surface area is 131 Å². The van der Waals surface area contributed by atoms with Gasteiger partial charge in [-0.3, -0.25) is 9.59 Å². The van der Waals surface area contributed by atoms with Crippen molar-refractivity contribution in [2.45, 2.75) is 6.92 Å². The van der Waals surface area contributed by atoms with E-state index in [1.807, 2.05) is 24.3 Å². The van der Waals surface area contributed by atoms with Crippen LogP contribution < -0.4 is 5.32 Å². The normalized spacial score (nSPS) is 10.6. The lowest BCUT2D eigenvalue weighted by Gasteiger charge is -2.03. The molecule has 0 bridgehead atoms. The van der Waals surface area contributed by atoms with Crippen LogP contribution in [0.15, 0.2) is 59.1 Å². The number of Topliss-reactive ketones (excluding diaryl/α,β-unsaturated/α-hetero) is 1. The van der Waals surface area contributed by atoms with E-state index in [-0.39, 0.29) is 11.7 Å². The van der Waals surface area contributed by atoms with Gasteiger partial charge in [0.1, 0.15) is 0 Å². The van der Waals surface area contributed by atoms with Crippen molar-refractivity contribution in [3.8, 4) is 0 Å². The molecule has 0 aliphatic rings. The van der Waals surface area contributed by atoms with Gasteiger partial charge in [-0.25, -0.2) is 0 Å². The van der Waals surface area contributed by atoms with Crippen molar-refractivity contribution in [2.24, 2.45) is 0 Å². The summed E-state index contributed by atoms with van der Waals surface area (Å²) in [7, 11) is 0. The Morgan fingerprint density at radius 3 is 2.48 bits per heavy atom. The smallest absolute Gasteiger partial charge is 0.248 e. The molecule has 0 atom stereocenters. The van der Waals surface area contributed by atoms with Crippen molar-refractivity contribution >= 4 is 39.4 Å². The molecule has 3 nitrogen and oxygen atoms in total. The first-order valence-corrected chi connectivity index (χ1v) is 7.19. The number of anilines is 1. The van der Waals surface area contributed by atoms with Gasteiger partial charge in [0.2, 0.25) is 5.91 Å². The van der Waals surface area contributed by atoms with E-state index in [2.05, 4.69) is 21.2 Å². The highest BCUT2D eigenvalue weighted by atomic mass is 79.9. The molecule has 0 fully saturated rings. The SMILES string of the molecule is CC(=O)c1cccc(NC(=O)C=Cc2ccc(Br)cc2)c1. The van der Waals surface area contributed by atoms with Crippen LogP contribution in [0.1, 0.15) is 22.8 Å². The molecular weight excluding hydrogens is 330 g/mol. The van der Waals surface area contributed by atoms with Gasteiger partial charge in [0.25, 0.3) is 0 Å². The van der Waals surface area contributed by atoms with Crippen LogP contribution in [0.2, 0.25) is 0 Å². The Kier molecular flexibility index (Phi) is 5.06. The third-order valence-electron chi connectivity index (χ3n) is 2.83. The summed E-state index contributed by atoms with van der Waals surface area (Å²) in [6.07, 6.45) is 3.19. The Morgan fingerprint density at radius 1 is 1.10 bits per heavy atom. The Hall–Kier alpha value is -2.20. The highest BCUT2D eigenvalue weighted by Crippen LogP contribution is 2.13. The third kappa shape index (κ3) is 4.68. The summed E-state index contributed by atoms with van der Waals surface area (Å²) in [5.41, 5.74) is 2.11. The molecule has 0 saturated heterocycles. The lowest BCUT2D eigenvalue weighted by atomic mass is 10.1. The first-order valence-electron chi connectivity index (χ1n) is 6.40. The predicted octanol–water partition coefficient (Wildman–Crippen LogP) is 4.30. The van der Waals surface area contributed by atoms with Crippen LogP contribution in [0.3, 0.4) is 0 Å². The number of carbonyl (C=O) groups is 2. The number of nitrogens with one attached hydrogen (secondary N) is 1. The average molecular weight is 344 g/mol. The highest BCUT2D eigenvalue weighted by molar-refractivity contribution is 9.10. The van der Waals surface area contributed by atoms with Crippen molar-refractivity contribution < 1.29 is 9.59 Å². The molecule has 2 aromatic carbocycles. The van der Waals surface area contributed by atoms with Gasteiger partial charge in [0, 0.05) is 21.8 Å². The van der Waals surface area contributed by atoms with Crippen LogP contribution in [-0.4, -0.2) is 11.7 Å². The summed E-state index contributed by atoms with van der Waals surface area (Å²) in [5, 5.41) is 2.73. The lowest BCUT2D eigenvalue weighted by Crippen LogP contribution is -2.08. The molecule has 1 amide bonds. The minimum atomic E-state index is -0.237. The fraction of sp³-hybridized carbons (Fsp3) is 0.0588. The van der Waals surface area contributed by atoms with Crippen LogP contribution >= 0.6 is 15.9 Å². The number of hydrogen-bond acceptors (Lipinski definition) is 2. The van der Waals surface area contributed by atoms with E-state index < -0.39 is 0 Å². The number of halogens is 1. The monoisotopic (exact) mass is 343 g/mol. The number of ketones is 1. The fourth-order valence-electron chi connectivity index (χ4n) is 1.75. The van der Waals surface area contributed by atoms with Gasteiger partial charge in [-0.05, 0) is 42.8 Å². The summed E-state index contributed by atoms with van der Waals surface area (Å²) < 4.78 is 0.991. The standard InChI is InChI=1S/C17H14BrNO2/c1-12(20)14-3-2-4-16(11-14)19-17(21)10-7-13-5-8-15(18)9-6-13/h2-11H,1H3,(H,19,21). The molecule has 106 valence electrons. The van der Waals surface area contributed by atoms with Crippen LogP contribution in [0.5, 0.6) is 0 Å². The maximum atomic E-state index is 11.8. The first-order chi connectivity index (χ1) is 10.0. The molecule has 1 N–H and O–H groups in total. The fourth-order valence-corrected chi connectivity index (χ4v) is 2.01. The Balaban J connectivity index is 2.03. The molecule has 0 aromatic heterocycles. The van der Waals surface area contributed by atoms with Gasteiger partial charge in [-0.15, -0.1) is 0 Å². The van der Waals surface area contributed by atoms with E-state index in [0.717, 1.165) is 10.0 Å². The highest BCUT2D eigenvalue weighted by Gasteiger charge is 2.02. The number of hydrogen-bond donors (Lipinski definition) is 1. The van der Waals surface area contributed by atoms with Crippen LogP contribution in [-0.2, 0) is 4.79 Å². The average Bonchev–Trinajstić information content (AvgIpc) is 2.47. The van der Waals surface area contributed by atoms with E-state index in [0.29, 0.717) is 11.3 Å². The Bertz CT molecular complexity index is 690. The second kappa shape index (κ2) is 6.99. The minimum Gasteiger partial charge on any atom is -0.322 e. The number of amides is 1. The van der Waals surface area contributed by atoms with Gasteiger partial charge >= 0.3 is 0 Å². The second-order valence-corrected chi connectivity index (χ2v) is 5.43. The molecule has 0 saturated carbocycles. The summed E-state index contributed by atoms with van der Waals surface area (Å²) >= 11 is 3.36. The maximum Gasteiger partial charge on any atom is 0.248 e. The van der Waals surface area contributed by atoms with Gasteiger partial charge in [-0.2, -0.15) is 0 Å². The molecule has 0 heterocycles. The van der Waals surface area contributed by atoms with E-state index in [4.69, 9.17) is 0 Å². The van der Waals surface area contributed by atoms with E-state index in [1.54, 1.807) is 30.3 Å². The van der Waals surface area contributed by atoms with Gasteiger partial charge in [0.05, 0.1) is 0 Å². The zero-order chi connectivity index (χ0) is 15.2. The van der Waals surface area contributed by atoms with Crippen LogP contribution in [0, 0.1) is 0 Å². The molecule has 0 aliphatic heterocycles. The van der Waals surface area contributed by atoms with Crippen molar-refractivity contribution in [2.75, 3.05) is 5.32 Å². The lowest BCUT2D eigenvalue weighted by molar-refractivity contribution is -0.111. The van der Waals surface area contributed by atoms with Crippen molar-refractivity contribution in [3.05, 3.63) is 70.2 Å². The van der Waals surface area contributed by atoms with Crippen molar-refractivity contribution in [1.82, 2.24) is 0 Å². The van der Waals surface area contributed by atoms with Crippen LogP contribution in [0.25, 0.3) is 6.08 Å². The largest absolute Gasteiger partial charge is 0.322 e. The maximum absolute atomic E-state index is 11.8. The molecular formula is C17H14BrNO2. The van der Waals surface area contributed by atoms with E-state index in [9.17, 15) is 9.59 Å². The van der Waals surface area contributed by atoms with Gasteiger partial charge < -0.3 is 5.32 Å². The van der Waals surface area contributed by atoms with E-state index >= 15 is 0 Å². The Morgan fingerprint density at radius 2 is 1.81 bits per heavy atom. The number of carbonyl (C=O) groups excluding carboxylic acids is 2. The number of benzene rings is 2. The van der Waals surface area contributed by atoms with Crippen molar-refractivity contribution in [3.63, 3.8) is 0 Å². The molecule has 0 spiro atoms. The minimum absolute atomic E-state index is 0.0310. The summed E-state index contributed by atoms with van der Waals surface area (Å²) in [6.45, 7) is 1.49. The van der Waals surface area contributed by atoms with Crippen LogP contribution in [0.4, 0.5) is 5.69 Å². The zero-order valence-corrected chi connectivity index (χ0v) is 13.1. The molecule has 0 unspecified atom stereocenters. The summed E-state index contributed by atoms with van der Waals surface area (Å²) in [5.74, 6) is -0.268. The molecule has 2 aromatic rings. The number of rotatable bonds is 4. The third-order valence-corrected chi connectivity index (χ3v) is 3.36. The quantitative estimate of drug-likeness (QED) is 0.664. The molecule has 2 rings (SSSR count). The second-order valence-electron chi connectivity index (χ2n) is 4.51. The summed E-state index contributed by atoms with van der Waals surface area (Å²) in [6, 6.07) is 14.5. The predicted molar refractivity (Wildman–Crippen MR) is 88.3 cm³/mol. The molecule has 21 heavy (non-hydrogen) atoms. The zero-order valence-electron chi connectivity index (χ0n) is 11.5. The first kappa shape index (κ1) is 15.2. The summed E-state index contributed by atoms with van der Waals surface area (Å²) in [4.78, 5) is 23.1. The topological polar surface area (TPSA) is 46.2 Å². The van der Waals surface area contributed by atoms with Gasteiger partial charge in [0.15, 0.2) is 5.78 Å². The molecule has 0 aliphatic carbocycles. The van der Waals surface area contributed by atoms with E-state index in [1.165, 1.54) is 13.0 Å². The van der Waals surface area contributed by atoms with Gasteiger partial charge in [-0.1, -0.05) is 40.2 Å². The molecule has 4 heteroatoms. The molecule has 0 radical (unpaired) electrons.